The molecule has 1 saturated heterocycles. The van der Waals surface area contributed by atoms with E-state index in [1.165, 1.54) is 36.4 Å². The lowest BCUT2D eigenvalue weighted by Crippen LogP contribution is -2.60. The van der Waals surface area contributed by atoms with Crippen molar-refractivity contribution < 1.29 is 59.2 Å². The van der Waals surface area contributed by atoms with Crippen LogP contribution in [0.25, 0.3) is 6.08 Å². The van der Waals surface area contributed by atoms with Crippen molar-refractivity contribution in [3.63, 3.8) is 0 Å². The molecule has 0 bridgehead atoms. The molecule has 3 aromatic rings. The first-order chi connectivity index (χ1) is 20.1. The summed E-state index contributed by atoms with van der Waals surface area (Å²) in [5, 5.41) is 60.7. The molecule has 5 rings (SSSR count). The van der Waals surface area contributed by atoms with Gasteiger partial charge in [-0.1, -0.05) is 24.3 Å². The monoisotopic (exact) mass is 580 g/mol. The second-order valence-electron chi connectivity index (χ2n) is 9.83. The minimum Gasteiger partial charge on any atom is -0.508 e. The van der Waals surface area contributed by atoms with Gasteiger partial charge in [-0.05, 0) is 41.5 Å². The van der Waals surface area contributed by atoms with Crippen LogP contribution in [0, 0.1) is 0 Å². The molecule has 12 heteroatoms. The Balaban J connectivity index is 1.26. The van der Waals surface area contributed by atoms with E-state index in [4.69, 9.17) is 18.9 Å². The van der Waals surface area contributed by atoms with Crippen LogP contribution in [0.2, 0.25) is 0 Å². The van der Waals surface area contributed by atoms with Crippen molar-refractivity contribution in [2.24, 2.45) is 0 Å². The first kappa shape index (κ1) is 28.9. The number of rotatable bonds is 7. The number of phenols is 3. The summed E-state index contributed by atoms with van der Waals surface area (Å²) in [4.78, 5) is 25.0. The molecule has 0 unspecified atom stereocenters. The molecule has 3 aromatic carbocycles. The predicted octanol–water partition coefficient (Wildman–Crippen LogP) is 1.95. The predicted molar refractivity (Wildman–Crippen MR) is 144 cm³/mol. The van der Waals surface area contributed by atoms with Gasteiger partial charge in [0.1, 0.15) is 71.4 Å². The van der Waals surface area contributed by atoms with Crippen LogP contribution < -0.4 is 9.47 Å². The van der Waals surface area contributed by atoms with Gasteiger partial charge in [-0.15, -0.1) is 0 Å². The van der Waals surface area contributed by atoms with Crippen molar-refractivity contribution in [3.8, 4) is 28.7 Å². The zero-order valence-corrected chi connectivity index (χ0v) is 21.9. The number of fused-ring (bicyclic) bond motifs is 1. The SMILES string of the molecule is O=C(/C=C/c1ccc(O)cc1)OC[C@@H]1O[C@@H](Oc2cc(O)c3c(c2)O[C@@H](c2ccc(O)cc2)CC3=O)[C@@H](O)[C@@H](O)[C@@H]1O. The molecule has 0 spiro atoms. The number of aliphatic hydroxyl groups is 3. The Morgan fingerprint density at radius 1 is 0.905 bits per heavy atom. The molecular weight excluding hydrogens is 552 g/mol. The number of aliphatic hydroxyl groups excluding tert-OH is 3. The molecule has 0 radical (unpaired) electrons. The quantitative estimate of drug-likeness (QED) is 0.176. The summed E-state index contributed by atoms with van der Waals surface area (Å²) in [6.45, 7) is -0.495. The average Bonchev–Trinajstić information content (AvgIpc) is 2.96. The average molecular weight is 581 g/mol. The molecule has 0 aromatic heterocycles. The van der Waals surface area contributed by atoms with Gasteiger partial charge in [0.05, 0.1) is 6.42 Å². The molecule has 1 fully saturated rings. The number of ketones is 1. The second-order valence-corrected chi connectivity index (χ2v) is 9.83. The van der Waals surface area contributed by atoms with Crippen molar-refractivity contribution in [2.75, 3.05) is 6.61 Å². The number of esters is 1. The third kappa shape index (κ3) is 6.31. The normalized spacial score (nSPS) is 25.5. The van der Waals surface area contributed by atoms with Crippen molar-refractivity contribution >= 4 is 17.8 Å². The van der Waals surface area contributed by atoms with Crippen LogP contribution in [0.4, 0.5) is 0 Å². The van der Waals surface area contributed by atoms with Gasteiger partial charge >= 0.3 is 5.97 Å². The smallest absolute Gasteiger partial charge is 0.330 e. The molecule has 6 N–H and O–H groups in total. The molecule has 12 nitrogen and oxygen atoms in total. The van der Waals surface area contributed by atoms with Crippen molar-refractivity contribution in [3.05, 3.63) is 83.4 Å². The molecule has 2 heterocycles. The van der Waals surface area contributed by atoms with Gasteiger partial charge < -0.3 is 49.6 Å². The summed E-state index contributed by atoms with van der Waals surface area (Å²) in [6, 6.07) is 14.6. The zero-order valence-electron chi connectivity index (χ0n) is 21.9. The molecular formula is C30H28O12. The fraction of sp³-hybridized carbons (Fsp3) is 0.267. The maximum absolute atomic E-state index is 12.8. The van der Waals surface area contributed by atoms with Crippen LogP contribution in [-0.2, 0) is 14.3 Å². The number of aromatic hydroxyl groups is 3. The molecule has 0 amide bonds. The van der Waals surface area contributed by atoms with Gasteiger partial charge in [0.25, 0.3) is 0 Å². The molecule has 6 atom stereocenters. The second kappa shape index (κ2) is 12.1. The van der Waals surface area contributed by atoms with Crippen LogP contribution in [0.5, 0.6) is 28.7 Å². The maximum atomic E-state index is 12.8. The number of phenolic OH excluding ortho intramolecular Hbond substituents is 3. The van der Waals surface area contributed by atoms with E-state index < -0.39 is 55.1 Å². The molecule has 2 aliphatic heterocycles. The summed E-state index contributed by atoms with van der Waals surface area (Å²) in [5.41, 5.74) is 1.19. The van der Waals surface area contributed by atoms with Gasteiger partial charge in [-0.3, -0.25) is 4.79 Å². The lowest BCUT2D eigenvalue weighted by molar-refractivity contribution is -0.278. The molecule has 220 valence electrons. The zero-order chi connectivity index (χ0) is 30.0. The Hall–Kier alpha value is -4.62. The summed E-state index contributed by atoms with van der Waals surface area (Å²) in [6.07, 6.45) is -6.12. The highest BCUT2D eigenvalue weighted by Gasteiger charge is 2.45. The fourth-order valence-corrected chi connectivity index (χ4v) is 4.61. The Labute approximate surface area is 239 Å². The third-order valence-electron chi connectivity index (χ3n) is 6.85. The van der Waals surface area contributed by atoms with Crippen LogP contribution in [-0.4, -0.2) is 79.7 Å². The summed E-state index contributed by atoms with van der Waals surface area (Å²) >= 11 is 0. The first-order valence-electron chi connectivity index (χ1n) is 12.9. The lowest BCUT2D eigenvalue weighted by Gasteiger charge is -2.40. The standard InChI is InChI=1S/C30H28O12/c31-17-6-1-15(2-7-17)3-10-25(35)39-14-24-27(36)28(37)29(38)30(42-24)40-19-11-20(33)26-21(34)13-22(41-23(26)12-19)16-4-8-18(32)9-5-16/h1-12,22,24,27-33,36-38H,13-14H2/b10-3+/t22-,24+,27-,28+,29+,30-/m1/s1. The first-order valence-corrected chi connectivity index (χ1v) is 12.9. The molecule has 0 saturated carbocycles. The summed E-state index contributed by atoms with van der Waals surface area (Å²) in [5.74, 6) is -1.55. The highest BCUT2D eigenvalue weighted by molar-refractivity contribution is 6.02. The van der Waals surface area contributed by atoms with E-state index in [-0.39, 0.29) is 40.8 Å². The highest BCUT2D eigenvalue weighted by atomic mass is 16.7. The van der Waals surface area contributed by atoms with E-state index in [1.54, 1.807) is 24.3 Å². The van der Waals surface area contributed by atoms with E-state index in [9.17, 15) is 40.2 Å². The maximum Gasteiger partial charge on any atom is 0.330 e. The lowest BCUT2D eigenvalue weighted by atomic mass is 9.95. The van der Waals surface area contributed by atoms with Gasteiger partial charge in [0.15, 0.2) is 5.78 Å². The summed E-state index contributed by atoms with van der Waals surface area (Å²) in [7, 11) is 0. The number of ether oxygens (including phenoxy) is 4. The minimum atomic E-state index is -1.73. The largest absolute Gasteiger partial charge is 0.508 e. The van der Waals surface area contributed by atoms with E-state index in [0.717, 1.165) is 12.1 Å². The number of Topliss-reactive ketones (excluding diaryl/α,β-unsaturated/α-hetero) is 1. The topological polar surface area (TPSA) is 192 Å². The van der Waals surface area contributed by atoms with Crippen molar-refractivity contribution in [1.82, 2.24) is 0 Å². The summed E-state index contributed by atoms with van der Waals surface area (Å²) < 4.78 is 22.3. The van der Waals surface area contributed by atoms with Gasteiger partial charge in [0, 0.05) is 18.2 Å². The highest BCUT2D eigenvalue weighted by Crippen LogP contribution is 2.42. The van der Waals surface area contributed by atoms with Crippen LogP contribution in [0.3, 0.4) is 0 Å². The Morgan fingerprint density at radius 3 is 2.26 bits per heavy atom. The van der Waals surface area contributed by atoms with Crippen LogP contribution in [0.15, 0.2) is 66.7 Å². The minimum absolute atomic E-state index is 0.0103. The number of carbonyl (C=O) groups excluding carboxylic acids is 2. The van der Waals surface area contributed by atoms with Crippen molar-refractivity contribution in [1.29, 1.82) is 0 Å². The van der Waals surface area contributed by atoms with Crippen LogP contribution in [0.1, 0.15) is 34.0 Å². The molecule has 0 aliphatic carbocycles. The molecule has 2 aliphatic rings. The third-order valence-corrected chi connectivity index (χ3v) is 6.85. The fourth-order valence-electron chi connectivity index (χ4n) is 4.61. The van der Waals surface area contributed by atoms with Crippen molar-refractivity contribution in [2.45, 2.75) is 43.2 Å². The van der Waals surface area contributed by atoms with Gasteiger partial charge in [0.2, 0.25) is 6.29 Å². The Morgan fingerprint density at radius 2 is 1.57 bits per heavy atom. The number of benzene rings is 3. The van der Waals surface area contributed by atoms with Crippen LogP contribution >= 0.6 is 0 Å². The Bertz CT molecular complexity index is 1470. The Kier molecular flexibility index (Phi) is 8.31. The number of hydrogen-bond donors (Lipinski definition) is 6. The van der Waals surface area contributed by atoms with Gasteiger partial charge in [-0.25, -0.2) is 4.79 Å². The van der Waals surface area contributed by atoms with E-state index in [0.29, 0.717) is 11.1 Å². The van der Waals surface area contributed by atoms with Gasteiger partial charge in [-0.2, -0.15) is 0 Å². The van der Waals surface area contributed by atoms with E-state index >= 15 is 0 Å². The van der Waals surface area contributed by atoms with E-state index in [1.807, 2.05) is 0 Å². The molecule has 42 heavy (non-hydrogen) atoms. The number of hydrogen-bond acceptors (Lipinski definition) is 12. The van der Waals surface area contributed by atoms with E-state index in [2.05, 4.69) is 0 Å². The number of carbonyl (C=O) groups is 2.